The highest BCUT2D eigenvalue weighted by Gasteiger charge is 2.20. The van der Waals surface area contributed by atoms with Gasteiger partial charge in [0, 0.05) is 23.3 Å². The number of pyridine rings is 1. The lowest BCUT2D eigenvalue weighted by atomic mass is 10.1. The van der Waals surface area contributed by atoms with E-state index in [9.17, 15) is 9.59 Å². The van der Waals surface area contributed by atoms with Crippen LogP contribution < -0.4 is 16.0 Å². The second-order valence-corrected chi connectivity index (χ2v) is 10.1. The molecule has 3 aromatic heterocycles. The van der Waals surface area contributed by atoms with E-state index < -0.39 is 0 Å². The number of thiazole rings is 1. The van der Waals surface area contributed by atoms with E-state index >= 15 is 0 Å². The van der Waals surface area contributed by atoms with Gasteiger partial charge < -0.3 is 16.0 Å². The summed E-state index contributed by atoms with van der Waals surface area (Å²) in [5, 5.41) is 13.9. The SMILES string of the molecule is Cc1ccc(NC(=O)c2cc(C)n(C(C)(C)C)n2)cc1NC(=O)c1cnc(Nc2ccccn2)s1. The number of benzene rings is 1. The summed E-state index contributed by atoms with van der Waals surface area (Å²) in [6.45, 7) is 9.90. The van der Waals surface area contributed by atoms with Gasteiger partial charge in [0.05, 0.1) is 11.7 Å². The van der Waals surface area contributed by atoms with Crippen LogP contribution in [0.15, 0.2) is 54.9 Å². The minimum absolute atomic E-state index is 0.229. The lowest BCUT2D eigenvalue weighted by Gasteiger charge is -2.21. The third-order valence-electron chi connectivity index (χ3n) is 5.13. The number of carbonyl (C=O) groups is 2. The highest BCUT2D eigenvalue weighted by atomic mass is 32.1. The smallest absolute Gasteiger partial charge is 0.276 e. The van der Waals surface area contributed by atoms with Crippen molar-refractivity contribution in [2.45, 2.75) is 40.2 Å². The molecule has 1 aromatic carbocycles. The molecule has 3 heterocycles. The number of hydrogen-bond acceptors (Lipinski definition) is 7. The molecule has 0 radical (unpaired) electrons. The van der Waals surface area contributed by atoms with E-state index in [1.807, 2.05) is 63.6 Å². The molecule has 4 aromatic rings. The van der Waals surface area contributed by atoms with Gasteiger partial charge in [0.25, 0.3) is 11.8 Å². The Morgan fingerprint density at radius 3 is 2.46 bits per heavy atom. The second kappa shape index (κ2) is 9.67. The first kappa shape index (κ1) is 24.1. The summed E-state index contributed by atoms with van der Waals surface area (Å²) < 4.78 is 1.83. The molecule has 35 heavy (non-hydrogen) atoms. The Balaban J connectivity index is 1.45. The molecule has 9 nitrogen and oxygen atoms in total. The van der Waals surface area contributed by atoms with Crippen molar-refractivity contribution in [3.05, 3.63) is 76.7 Å². The van der Waals surface area contributed by atoms with Crippen LogP contribution in [0.25, 0.3) is 0 Å². The van der Waals surface area contributed by atoms with Crippen molar-refractivity contribution in [1.82, 2.24) is 19.7 Å². The number of rotatable bonds is 6. The van der Waals surface area contributed by atoms with Crippen LogP contribution in [0.4, 0.5) is 22.3 Å². The minimum atomic E-state index is -0.315. The molecule has 0 saturated carbocycles. The van der Waals surface area contributed by atoms with Gasteiger partial charge in [-0.15, -0.1) is 0 Å². The van der Waals surface area contributed by atoms with Gasteiger partial charge in [0.15, 0.2) is 10.8 Å². The molecule has 0 aliphatic rings. The molecule has 0 aliphatic heterocycles. The van der Waals surface area contributed by atoms with Crippen molar-refractivity contribution in [3.8, 4) is 0 Å². The highest BCUT2D eigenvalue weighted by molar-refractivity contribution is 7.17. The molecule has 0 saturated heterocycles. The fraction of sp³-hybridized carbons (Fsp3) is 0.240. The normalized spacial score (nSPS) is 11.2. The van der Waals surface area contributed by atoms with Crippen LogP contribution in [0.1, 0.15) is 52.2 Å². The average molecular weight is 490 g/mol. The van der Waals surface area contributed by atoms with Crippen LogP contribution in [-0.4, -0.2) is 31.6 Å². The van der Waals surface area contributed by atoms with E-state index in [-0.39, 0.29) is 17.4 Å². The van der Waals surface area contributed by atoms with E-state index in [1.165, 1.54) is 17.5 Å². The first-order valence-corrected chi connectivity index (χ1v) is 11.9. The van der Waals surface area contributed by atoms with Crippen molar-refractivity contribution in [1.29, 1.82) is 0 Å². The van der Waals surface area contributed by atoms with E-state index in [0.717, 1.165) is 11.3 Å². The van der Waals surface area contributed by atoms with Gasteiger partial charge in [-0.3, -0.25) is 14.3 Å². The summed E-state index contributed by atoms with van der Waals surface area (Å²) in [5.74, 6) is 0.0447. The minimum Gasteiger partial charge on any atom is -0.321 e. The van der Waals surface area contributed by atoms with Crippen LogP contribution in [0.3, 0.4) is 0 Å². The van der Waals surface area contributed by atoms with E-state index in [4.69, 9.17) is 0 Å². The summed E-state index contributed by atoms with van der Waals surface area (Å²) in [6, 6.07) is 12.6. The van der Waals surface area contributed by atoms with Crippen LogP contribution in [-0.2, 0) is 5.54 Å². The highest BCUT2D eigenvalue weighted by Crippen LogP contribution is 2.25. The first-order valence-electron chi connectivity index (χ1n) is 11.0. The molecule has 180 valence electrons. The quantitative estimate of drug-likeness (QED) is 0.336. The third kappa shape index (κ3) is 5.72. The zero-order valence-corrected chi connectivity index (χ0v) is 21.0. The molecule has 0 aliphatic carbocycles. The summed E-state index contributed by atoms with van der Waals surface area (Å²) in [7, 11) is 0. The third-order valence-corrected chi connectivity index (χ3v) is 6.04. The molecule has 0 bridgehead atoms. The maximum absolute atomic E-state index is 12.8. The number of nitrogens with zero attached hydrogens (tertiary/aromatic N) is 4. The number of aryl methyl sites for hydroxylation is 2. The molecule has 0 atom stereocenters. The fourth-order valence-corrected chi connectivity index (χ4v) is 4.18. The topological polar surface area (TPSA) is 114 Å². The van der Waals surface area contributed by atoms with Gasteiger partial charge >= 0.3 is 0 Å². The summed E-state index contributed by atoms with van der Waals surface area (Å²) in [5.41, 5.74) is 3.02. The van der Waals surface area contributed by atoms with Gasteiger partial charge in [-0.2, -0.15) is 5.10 Å². The van der Waals surface area contributed by atoms with Gasteiger partial charge in [-0.05, 0) is 70.5 Å². The Kier molecular flexibility index (Phi) is 6.65. The number of aromatic nitrogens is 4. The Hall–Kier alpha value is -4.05. The number of hydrogen-bond donors (Lipinski definition) is 3. The molecule has 0 unspecified atom stereocenters. The Bertz CT molecular complexity index is 1370. The standard InChI is InChI=1S/C25H27N7O2S/c1-15-9-10-17(28-22(33)19-12-16(2)32(31-19)25(3,4)5)13-18(15)29-23(34)20-14-27-24(35-20)30-21-8-6-7-11-26-21/h6-14H,1-5H3,(H,28,33)(H,29,34)(H,26,27,30). The molecule has 3 N–H and O–H groups in total. The van der Waals surface area contributed by atoms with Crippen LogP contribution in [0, 0.1) is 13.8 Å². The van der Waals surface area contributed by atoms with Crippen LogP contribution in [0.2, 0.25) is 0 Å². The van der Waals surface area contributed by atoms with Gasteiger partial charge in [-0.25, -0.2) is 9.97 Å². The fourth-order valence-electron chi connectivity index (χ4n) is 3.46. The largest absolute Gasteiger partial charge is 0.321 e. The molecule has 2 amide bonds. The first-order chi connectivity index (χ1) is 16.6. The Morgan fingerprint density at radius 2 is 1.77 bits per heavy atom. The van der Waals surface area contributed by atoms with E-state index in [0.29, 0.717) is 32.9 Å². The lowest BCUT2D eigenvalue weighted by Crippen LogP contribution is -2.25. The van der Waals surface area contributed by atoms with Gasteiger partial charge in [0.2, 0.25) is 0 Å². The molecule has 10 heteroatoms. The molecule has 4 rings (SSSR count). The number of nitrogens with one attached hydrogen (secondary N) is 3. The lowest BCUT2D eigenvalue weighted by molar-refractivity contribution is 0.101. The zero-order valence-electron chi connectivity index (χ0n) is 20.2. The summed E-state index contributed by atoms with van der Waals surface area (Å²) in [6.07, 6.45) is 3.19. The number of anilines is 4. The monoisotopic (exact) mass is 489 g/mol. The van der Waals surface area contributed by atoms with Gasteiger partial charge in [-0.1, -0.05) is 23.5 Å². The number of carbonyl (C=O) groups excluding carboxylic acids is 2. The van der Waals surface area contributed by atoms with E-state index in [2.05, 4.69) is 31.0 Å². The van der Waals surface area contributed by atoms with Crippen molar-refractivity contribution in [2.75, 3.05) is 16.0 Å². The van der Waals surface area contributed by atoms with E-state index in [1.54, 1.807) is 24.4 Å². The number of amides is 2. The molecule has 0 fully saturated rings. The Morgan fingerprint density at radius 1 is 0.971 bits per heavy atom. The Labute approximate surface area is 207 Å². The van der Waals surface area contributed by atoms with Crippen molar-refractivity contribution in [3.63, 3.8) is 0 Å². The van der Waals surface area contributed by atoms with Crippen LogP contribution in [0.5, 0.6) is 0 Å². The summed E-state index contributed by atoms with van der Waals surface area (Å²) >= 11 is 1.22. The predicted octanol–water partition coefficient (Wildman–Crippen LogP) is 5.35. The maximum Gasteiger partial charge on any atom is 0.276 e. The maximum atomic E-state index is 12.8. The van der Waals surface area contributed by atoms with Crippen molar-refractivity contribution < 1.29 is 9.59 Å². The average Bonchev–Trinajstić information content (AvgIpc) is 3.43. The molecular weight excluding hydrogens is 462 g/mol. The predicted molar refractivity (Wildman–Crippen MR) is 139 cm³/mol. The van der Waals surface area contributed by atoms with Crippen molar-refractivity contribution >= 4 is 45.5 Å². The zero-order chi connectivity index (χ0) is 25.2. The summed E-state index contributed by atoms with van der Waals surface area (Å²) in [4.78, 5) is 34.5. The second-order valence-electron chi connectivity index (χ2n) is 9.06. The molecular formula is C25H27N7O2S. The molecule has 0 spiro atoms. The van der Waals surface area contributed by atoms with Crippen LogP contribution >= 0.6 is 11.3 Å². The van der Waals surface area contributed by atoms with Crippen molar-refractivity contribution in [2.24, 2.45) is 0 Å². The van der Waals surface area contributed by atoms with Gasteiger partial charge in [0.1, 0.15) is 10.7 Å².